The SMILES string of the molecule is O=S(=O)(NN=Cc1ccccc1)N1CCCCC1. The fourth-order valence-corrected chi connectivity index (χ4v) is 2.91. The summed E-state index contributed by atoms with van der Waals surface area (Å²) in [4.78, 5) is 2.24. The third-order valence-corrected chi connectivity index (χ3v) is 4.22. The third kappa shape index (κ3) is 3.54. The Hall–Kier alpha value is -1.40. The molecule has 18 heavy (non-hydrogen) atoms. The number of hydrogen-bond donors (Lipinski definition) is 1. The Balaban J connectivity index is 1.94. The van der Waals surface area contributed by atoms with Crippen LogP contribution in [-0.2, 0) is 10.2 Å². The van der Waals surface area contributed by atoms with Crippen molar-refractivity contribution in [3.8, 4) is 0 Å². The highest BCUT2D eigenvalue weighted by atomic mass is 32.2. The highest BCUT2D eigenvalue weighted by Crippen LogP contribution is 2.11. The van der Waals surface area contributed by atoms with Gasteiger partial charge in [0.1, 0.15) is 0 Å². The third-order valence-electron chi connectivity index (χ3n) is 2.84. The van der Waals surface area contributed by atoms with Crippen molar-refractivity contribution < 1.29 is 8.42 Å². The molecule has 5 nitrogen and oxygen atoms in total. The maximum atomic E-state index is 11.9. The summed E-state index contributed by atoms with van der Waals surface area (Å²) in [6.45, 7) is 1.16. The minimum atomic E-state index is -3.47. The van der Waals surface area contributed by atoms with Crippen LogP contribution in [0.1, 0.15) is 24.8 Å². The first-order valence-electron chi connectivity index (χ1n) is 6.03. The smallest absolute Gasteiger partial charge is 0.191 e. The van der Waals surface area contributed by atoms with Crippen LogP contribution in [0.3, 0.4) is 0 Å². The average molecular weight is 267 g/mol. The van der Waals surface area contributed by atoms with Crippen molar-refractivity contribution in [2.24, 2.45) is 5.10 Å². The lowest BCUT2D eigenvalue weighted by atomic mass is 10.2. The Kier molecular flexibility index (Phi) is 4.33. The van der Waals surface area contributed by atoms with Crippen molar-refractivity contribution in [1.29, 1.82) is 0 Å². The second-order valence-electron chi connectivity index (χ2n) is 4.22. The summed E-state index contributed by atoms with van der Waals surface area (Å²) in [5, 5.41) is 3.78. The topological polar surface area (TPSA) is 61.8 Å². The van der Waals surface area contributed by atoms with Gasteiger partial charge < -0.3 is 0 Å². The van der Waals surface area contributed by atoms with Gasteiger partial charge in [0.2, 0.25) is 0 Å². The summed E-state index contributed by atoms with van der Waals surface area (Å²) in [6, 6.07) is 9.37. The number of benzene rings is 1. The standard InChI is InChI=1S/C12H17N3O2S/c16-18(17,15-9-5-2-6-10-15)14-13-11-12-7-3-1-4-8-12/h1,3-4,7-8,11,14H,2,5-6,9-10H2. The van der Waals surface area contributed by atoms with E-state index in [0.29, 0.717) is 13.1 Å². The molecule has 98 valence electrons. The molecule has 1 aromatic carbocycles. The molecule has 0 bridgehead atoms. The normalized spacial score (nSPS) is 18.0. The van der Waals surface area contributed by atoms with E-state index in [0.717, 1.165) is 24.8 Å². The lowest BCUT2D eigenvalue weighted by Crippen LogP contribution is -2.41. The van der Waals surface area contributed by atoms with Gasteiger partial charge >= 0.3 is 10.2 Å². The van der Waals surface area contributed by atoms with Crippen LogP contribution in [0.2, 0.25) is 0 Å². The van der Waals surface area contributed by atoms with Gasteiger partial charge in [-0.1, -0.05) is 36.8 Å². The Labute approximate surface area is 108 Å². The van der Waals surface area contributed by atoms with Crippen LogP contribution < -0.4 is 4.83 Å². The van der Waals surface area contributed by atoms with E-state index < -0.39 is 10.2 Å². The largest absolute Gasteiger partial charge is 0.316 e. The molecular weight excluding hydrogens is 250 g/mol. The van der Waals surface area contributed by atoms with Gasteiger partial charge in [-0.05, 0) is 18.4 Å². The molecule has 2 rings (SSSR count). The van der Waals surface area contributed by atoms with Gasteiger partial charge in [-0.2, -0.15) is 22.7 Å². The number of hydrazone groups is 1. The molecule has 1 N–H and O–H groups in total. The van der Waals surface area contributed by atoms with Crippen LogP contribution >= 0.6 is 0 Å². The van der Waals surface area contributed by atoms with Crippen molar-refractivity contribution in [3.05, 3.63) is 35.9 Å². The van der Waals surface area contributed by atoms with Crippen molar-refractivity contribution in [2.45, 2.75) is 19.3 Å². The van der Waals surface area contributed by atoms with Crippen LogP contribution in [-0.4, -0.2) is 32.0 Å². The van der Waals surface area contributed by atoms with E-state index in [1.54, 1.807) is 0 Å². The predicted molar refractivity (Wildman–Crippen MR) is 71.5 cm³/mol. The zero-order valence-electron chi connectivity index (χ0n) is 10.1. The minimum Gasteiger partial charge on any atom is -0.191 e. The molecule has 1 aliphatic rings. The first-order chi connectivity index (χ1) is 8.68. The van der Waals surface area contributed by atoms with Gasteiger partial charge in [0.15, 0.2) is 0 Å². The van der Waals surface area contributed by atoms with Crippen molar-refractivity contribution in [3.63, 3.8) is 0 Å². The molecule has 0 saturated carbocycles. The number of hydrogen-bond acceptors (Lipinski definition) is 3. The summed E-state index contributed by atoms with van der Waals surface area (Å²) in [6.07, 6.45) is 4.44. The van der Waals surface area contributed by atoms with Crippen LogP contribution in [0.5, 0.6) is 0 Å². The Morgan fingerprint density at radius 3 is 2.44 bits per heavy atom. The maximum absolute atomic E-state index is 11.9. The molecule has 0 unspecified atom stereocenters. The highest BCUT2D eigenvalue weighted by molar-refractivity contribution is 7.87. The van der Waals surface area contributed by atoms with Crippen LogP contribution in [0, 0.1) is 0 Å². The van der Waals surface area contributed by atoms with Crippen LogP contribution in [0.25, 0.3) is 0 Å². The molecule has 1 aliphatic heterocycles. The molecule has 0 spiro atoms. The summed E-state index contributed by atoms with van der Waals surface area (Å²) >= 11 is 0. The maximum Gasteiger partial charge on any atom is 0.316 e. The molecule has 0 aromatic heterocycles. The summed E-state index contributed by atoms with van der Waals surface area (Å²) < 4.78 is 25.2. The second-order valence-corrected chi connectivity index (χ2v) is 5.87. The van der Waals surface area contributed by atoms with Crippen molar-refractivity contribution in [1.82, 2.24) is 9.14 Å². The number of nitrogens with zero attached hydrogens (tertiary/aromatic N) is 2. The monoisotopic (exact) mass is 267 g/mol. The fourth-order valence-electron chi connectivity index (χ4n) is 1.87. The molecule has 1 aromatic rings. The van der Waals surface area contributed by atoms with Crippen molar-refractivity contribution in [2.75, 3.05) is 13.1 Å². The molecule has 0 atom stereocenters. The molecule has 1 saturated heterocycles. The van der Waals surface area contributed by atoms with E-state index in [1.165, 1.54) is 10.5 Å². The lowest BCUT2D eigenvalue weighted by molar-refractivity contribution is 0.342. The van der Waals surface area contributed by atoms with Gasteiger partial charge in [-0.3, -0.25) is 0 Å². The molecule has 0 radical (unpaired) electrons. The molecule has 1 fully saturated rings. The lowest BCUT2D eigenvalue weighted by Gasteiger charge is -2.24. The Morgan fingerprint density at radius 1 is 1.11 bits per heavy atom. The van der Waals surface area contributed by atoms with Crippen LogP contribution in [0.4, 0.5) is 0 Å². The molecule has 0 amide bonds. The molecular formula is C12H17N3O2S. The van der Waals surface area contributed by atoms with E-state index in [1.807, 2.05) is 30.3 Å². The predicted octanol–water partition coefficient (Wildman–Crippen LogP) is 1.34. The van der Waals surface area contributed by atoms with E-state index in [4.69, 9.17) is 0 Å². The minimum absolute atomic E-state index is 0.580. The van der Waals surface area contributed by atoms with Gasteiger partial charge in [0.05, 0.1) is 6.21 Å². The van der Waals surface area contributed by atoms with Gasteiger partial charge in [0, 0.05) is 13.1 Å². The number of nitrogens with one attached hydrogen (secondary N) is 1. The highest BCUT2D eigenvalue weighted by Gasteiger charge is 2.22. The summed E-state index contributed by atoms with van der Waals surface area (Å²) in [5.74, 6) is 0. The van der Waals surface area contributed by atoms with Crippen molar-refractivity contribution >= 4 is 16.4 Å². The Morgan fingerprint density at radius 2 is 1.78 bits per heavy atom. The van der Waals surface area contributed by atoms with E-state index in [2.05, 4.69) is 9.93 Å². The average Bonchev–Trinajstić information content (AvgIpc) is 2.41. The second kappa shape index (κ2) is 5.97. The van der Waals surface area contributed by atoms with E-state index >= 15 is 0 Å². The fraction of sp³-hybridized carbons (Fsp3) is 0.417. The Bertz CT molecular complexity index is 493. The quantitative estimate of drug-likeness (QED) is 0.661. The molecule has 1 heterocycles. The number of rotatable bonds is 4. The zero-order chi connectivity index (χ0) is 12.8. The zero-order valence-corrected chi connectivity index (χ0v) is 10.9. The van der Waals surface area contributed by atoms with Gasteiger partial charge in [0.25, 0.3) is 0 Å². The van der Waals surface area contributed by atoms with E-state index in [-0.39, 0.29) is 0 Å². The first kappa shape index (κ1) is 13.0. The summed E-state index contributed by atoms with van der Waals surface area (Å²) in [7, 11) is -3.47. The molecule has 6 heteroatoms. The summed E-state index contributed by atoms with van der Waals surface area (Å²) in [5.41, 5.74) is 0.860. The number of piperidine rings is 1. The van der Waals surface area contributed by atoms with Gasteiger partial charge in [-0.25, -0.2) is 0 Å². The molecule has 0 aliphatic carbocycles. The first-order valence-corrected chi connectivity index (χ1v) is 7.47. The van der Waals surface area contributed by atoms with Gasteiger partial charge in [-0.15, -0.1) is 0 Å². The van der Waals surface area contributed by atoms with Crippen LogP contribution in [0.15, 0.2) is 35.4 Å². The van der Waals surface area contributed by atoms with E-state index in [9.17, 15) is 8.42 Å².